The van der Waals surface area contributed by atoms with Crippen LogP contribution in [0.5, 0.6) is 0 Å². The van der Waals surface area contributed by atoms with Crippen LogP contribution in [0, 0.1) is 5.92 Å². The molecule has 3 nitrogen and oxygen atoms in total. The Hall–Kier alpha value is -0.770. The molecule has 0 amide bonds. The van der Waals surface area contributed by atoms with E-state index in [1.807, 2.05) is 18.0 Å². The van der Waals surface area contributed by atoms with Gasteiger partial charge in [-0.05, 0) is 24.7 Å². The largest absolute Gasteiger partial charge is 0.481 e. The summed E-state index contributed by atoms with van der Waals surface area (Å²) in [5.74, 6) is -1.16. The molecule has 2 rings (SSSR count). The number of likely N-dealkylation sites (N-methyl/N-ethyl adjacent to an activating group) is 1. The van der Waals surface area contributed by atoms with E-state index in [1.165, 1.54) is 0 Å². The maximum Gasteiger partial charge on any atom is 0.308 e. The highest BCUT2D eigenvalue weighted by Gasteiger charge is 2.37. The van der Waals surface area contributed by atoms with Gasteiger partial charge in [-0.2, -0.15) is 0 Å². The lowest BCUT2D eigenvalue weighted by Crippen LogP contribution is -2.21. The third kappa shape index (κ3) is 2.57. The summed E-state index contributed by atoms with van der Waals surface area (Å²) in [5.41, 5.74) is 0.941. The Labute approximate surface area is 110 Å². The van der Waals surface area contributed by atoms with Gasteiger partial charge in [-0.3, -0.25) is 4.79 Å². The average molecular weight is 274 g/mol. The Balaban J connectivity index is 2.31. The van der Waals surface area contributed by atoms with Crippen molar-refractivity contribution in [3.05, 3.63) is 33.8 Å². The van der Waals surface area contributed by atoms with Crippen molar-refractivity contribution < 1.29 is 9.90 Å². The van der Waals surface area contributed by atoms with Crippen LogP contribution < -0.4 is 0 Å². The van der Waals surface area contributed by atoms with Gasteiger partial charge in [0.05, 0.1) is 16.0 Å². The van der Waals surface area contributed by atoms with Gasteiger partial charge in [0.1, 0.15) is 0 Å². The molecule has 92 valence electrons. The van der Waals surface area contributed by atoms with Crippen LogP contribution in [0.15, 0.2) is 18.2 Å². The monoisotopic (exact) mass is 273 g/mol. The van der Waals surface area contributed by atoms with Crippen LogP contribution in [0.2, 0.25) is 10.0 Å². The number of carboxylic acids is 1. The first-order valence-electron chi connectivity index (χ1n) is 5.35. The molecule has 1 heterocycles. The van der Waals surface area contributed by atoms with Crippen LogP contribution >= 0.6 is 23.2 Å². The molecule has 0 unspecified atom stereocenters. The highest BCUT2D eigenvalue weighted by atomic mass is 35.5. The van der Waals surface area contributed by atoms with E-state index < -0.39 is 5.97 Å². The summed E-state index contributed by atoms with van der Waals surface area (Å²) in [6.07, 6.45) is 0. The standard InChI is InChI=1S/C12H13Cl2NO2/c1-15-5-8(9(6-15)12(16)17)7-2-3-10(13)11(14)4-7/h2-4,8-9H,5-6H2,1H3,(H,16,17)/t8-,9+/m0/s1. The molecule has 5 heteroatoms. The molecule has 0 saturated carbocycles. The number of halogens is 2. The Morgan fingerprint density at radius 2 is 2.06 bits per heavy atom. The van der Waals surface area contributed by atoms with Crippen LogP contribution in [0.1, 0.15) is 11.5 Å². The number of hydrogen-bond donors (Lipinski definition) is 1. The normalized spacial score (nSPS) is 25.1. The fraction of sp³-hybridized carbons (Fsp3) is 0.417. The Bertz CT molecular complexity index is 450. The number of carboxylic acid groups (broad SMARTS) is 1. The van der Waals surface area contributed by atoms with Crippen molar-refractivity contribution in [3.63, 3.8) is 0 Å². The first-order chi connectivity index (χ1) is 7.99. The number of rotatable bonds is 2. The van der Waals surface area contributed by atoms with Crippen LogP contribution in [0.25, 0.3) is 0 Å². The molecule has 17 heavy (non-hydrogen) atoms. The minimum absolute atomic E-state index is 0.0210. The SMILES string of the molecule is CN1C[C@@H](C(=O)O)[C@H](c2ccc(Cl)c(Cl)c2)C1. The molecule has 0 radical (unpaired) electrons. The Morgan fingerprint density at radius 3 is 2.65 bits per heavy atom. The number of carbonyl (C=O) groups is 1. The zero-order chi connectivity index (χ0) is 12.6. The molecule has 1 aliphatic rings. The minimum atomic E-state index is -0.759. The van der Waals surface area contributed by atoms with Crippen LogP contribution in [-0.2, 0) is 4.79 Å². The lowest BCUT2D eigenvalue weighted by molar-refractivity contribution is -0.141. The molecule has 1 fully saturated rings. The summed E-state index contributed by atoms with van der Waals surface area (Å²) in [5, 5.41) is 10.2. The second kappa shape index (κ2) is 4.84. The molecule has 2 atom stereocenters. The summed E-state index contributed by atoms with van der Waals surface area (Å²) < 4.78 is 0. The van der Waals surface area contributed by atoms with E-state index in [-0.39, 0.29) is 11.8 Å². The van der Waals surface area contributed by atoms with Crippen molar-refractivity contribution in [1.29, 1.82) is 0 Å². The zero-order valence-electron chi connectivity index (χ0n) is 9.36. The maximum absolute atomic E-state index is 11.2. The lowest BCUT2D eigenvalue weighted by atomic mass is 9.89. The summed E-state index contributed by atoms with van der Waals surface area (Å²) in [6.45, 7) is 1.30. The molecule has 1 aromatic carbocycles. The molecule has 0 aromatic heterocycles. The van der Waals surface area contributed by atoms with Crippen molar-refractivity contribution >= 4 is 29.2 Å². The van der Waals surface area contributed by atoms with Crippen molar-refractivity contribution in [2.45, 2.75) is 5.92 Å². The highest BCUT2D eigenvalue weighted by Crippen LogP contribution is 2.35. The van der Waals surface area contributed by atoms with E-state index in [4.69, 9.17) is 23.2 Å². The lowest BCUT2D eigenvalue weighted by Gasteiger charge is -2.15. The summed E-state index contributed by atoms with van der Waals surface area (Å²) in [7, 11) is 1.92. The van der Waals surface area contributed by atoms with Crippen molar-refractivity contribution in [2.75, 3.05) is 20.1 Å². The fourth-order valence-corrected chi connectivity index (χ4v) is 2.64. The molecular formula is C12H13Cl2NO2. The number of nitrogens with zero attached hydrogens (tertiary/aromatic N) is 1. The van der Waals surface area contributed by atoms with Crippen LogP contribution in [0.4, 0.5) is 0 Å². The minimum Gasteiger partial charge on any atom is -0.481 e. The molecule has 0 bridgehead atoms. The van der Waals surface area contributed by atoms with Crippen LogP contribution in [-0.4, -0.2) is 36.1 Å². The van der Waals surface area contributed by atoms with Gasteiger partial charge in [-0.15, -0.1) is 0 Å². The second-order valence-electron chi connectivity index (χ2n) is 4.45. The molecule has 1 N–H and O–H groups in total. The molecule has 0 spiro atoms. The van der Waals surface area contributed by atoms with Gasteiger partial charge >= 0.3 is 5.97 Å². The van der Waals surface area contributed by atoms with E-state index in [1.54, 1.807) is 12.1 Å². The molecule has 1 saturated heterocycles. The predicted molar refractivity (Wildman–Crippen MR) is 67.8 cm³/mol. The highest BCUT2D eigenvalue weighted by molar-refractivity contribution is 6.42. The third-order valence-electron chi connectivity index (χ3n) is 3.19. The van der Waals surface area contributed by atoms with Crippen molar-refractivity contribution in [2.24, 2.45) is 5.92 Å². The summed E-state index contributed by atoms with van der Waals surface area (Å²) in [6, 6.07) is 5.34. The maximum atomic E-state index is 11.2. The number of hydrogen-bond acceptors (Lipinski definition) is 2. The van der Waals surface area contributed by atoms with E-state index in [0.717, 1.165) is 12.1 Å². The fourth-order valence-electron chi connectivity index (χ4n) is 2.33. The number of aliphatic carboxylic acids is 1. The van der Waals surface area contributed by atoms with E-state index in [9.17, 15) is 9.90 Å². The Kier molecular flexibility index (Phi) is 3.61. The summed E-state index contributed by atoms with van der Waals surface area (Å²) >= 11 is 11.8. The molecule has 1 aromatic rings. The van der Waals surface area contributed by atoms with Crippen molar-refractivity contribution in [3.8, 4) is 0 Å². The molecule has 0 aliphatic carbocycles. The van der Waals surface area contributed by atoms with Gasteiger partial charge in [0.25, 0.3) is 0 Å². The number of likely N-dealkylation sites (tertiary alicyclic amines) is 1. The summed E-state index contributed by atoms with van der Waals surface area (Å²) in [4.78, 5) is 13.2. The van der Waals surface area contributed by atoms with Gasteiger partial charge in [-0.1, -0.05) is 29.3 Å². The first-order valence-corrected chi connectivity index (χ1v) is 6.11. The van der Waals surface area contributed by atoms with Crippen LogP contribution in [0.3, 0.4) is 0 Å². The van der Waals surface area contributed by atoms with E-state index in [0.29, 0.717) is 16.6 Å². The van der Waals surface area contributed by atoms with E-state index in [2.05, 4.69) is 0 Å². The van der Waals surface area contributed by atoms with E-state index >= 15 is 0 Å². The van der Waals surface area contributed by atoms with Gasteiger partial charge in [0.15, 0.2) is 0 Å². The first kappa shape index (κ1) is 12.7. The van der Waals surface area contributed by atoms with Gasteiger partial charge in [-0.25, -0.2) is 0 Å². The molecule has 1 aliphatic heterocycles. The quantitative estimate of drug-likeness (QED) is 0.901. The third-order valence-corrected chi connectivity index (χ3v) is 3.93. The topological polar surface area (TPSA) is 40.5 Å². The number of benzene rings is 1. The predicted octanol–water partition coefficient (Wildman–Crippen LogP) is 2.72. The average Bonchev–Trinajstić information content (AvgIpc) is 2.64. The van der Waals surface area contributed by atoms with Crippen molar-refractivity contribution in [1.82, 2.24) is 4.90 Å². The second-order valence-corrected chi connectivity index (χ2v) is 5.26. The smallest absolute Gasteiger partial charge is 0.308 e. The zero-order valence-corrected chi connectivity index (χ0v) is 10.9. The van der Waals surface area contributed by atoms with Gasteiger partial charge in [0.2, 0.25) is 0 Å². The van der Waals surface area contributed by atoms with Gasteiger partial charge < -0.3 is 10.0 Å². The Morgan fingerprint density at radius 1 is 1.35 bits per heavy atom. The van der Waals surface area contributed by atoms with Gasteiger partial charge in [0, 0.05) is 19.0 Å². The molecular weight excluding hydrogens is 261 g/mol.